The number of anilines is 1. The Morgan fingerprint density at radius 1 is 1.10 bits per heavy atom. The molecule has 2 aliphatic rings. The molecule has 154 valence electrons. The third kappa shape index (κ3) is 3.02. The van der Waals surface area contributed by atoms with Crippen molar-refractivity contribution in [1.82, 2.24) is 0 Å². The van der Waals surface area contributed by atoms with Gasteiger partial charge in [0, 0.05) is 24.1 Å². The maximum absolute atomic E-state index is 13.1. The van der Waals surface area contributed by atoms with Gasteiger partial charge in [-0.2, -0.15) is 0 Å². The monoisotopic (exact) mass is 411 g/mol. The third-order valence-electron chi connectivity index (χ3n) is 5.08. The van der Waals surface area contributed by atoms with Crippen LogP contribution in [0.25, 0.3) is 0 Å². The number of ether oxygens (including phenoxy) is 2. The van der Waals surface area contributed by atoms with E-state index in [1.807, 2.05) is 0 Å². The number of non-ortho nitro benzene ring substituents is 1. The van der Waals surface area contributed by atoms with Gasteiger partial charge in [-0.25, -0.2) is 4.90 Å². The number of benzene rings is 2. The summed E-state index contributed by atoms with van der Waals surface area (Å²) >= 11 is 0. The molecule has 30 heavy (non-hydrogen) atoms. The highest BCUT2D eigenvalue weighted by Gasteiger charge is 2.58. The van der Waals surface area contributed by atoms with Gasteiger partial charge >= 0.3 is 0 Å². The van der Waals surface area contributed by atoms with Crippen molar-refractivity contribution >= 4 is 28.9 Å². The van der Waals surface area contributed by atoms with Crippen molar-refractivity contribution in [2.75, 3.05) is 19.1 Å². The highest BCUT2D eigenvalue weighted by Crippen LogP contribution is 2.40. The Hall–Kier alpha value is -3.95. The predicted molar refractivity (Wildman–Crippen MR) is 105 cm³/mol. The van der Waals surface area contributed by atoms with Crippen LogP contribution in [0.2, 0.25) is 0 Å². The second-order valence-electron chi connectivity index (χ2n) is 6.86. The smallest absolute Gasteiger partial charge is 0.281 e. The molecule has 0 saturated carbocycles. The lowest BCUT2D eigenvalue weighted by atomic mass is 9.92. The van der Waals surface area contributed by atoms with E-state index in [4.69, 9.17) is 14.3 Å². The quantitative estimate of drug-likeness (QED) is 0.421. The average Bonchev–Trinajstić information content (AvgIpc) is 3.28. The van der Waals surface area contributed by atoms with Crippen LogP contribution in [-0.2, 0) is 14.4 Å². The number of nitro benzene ring substituents is 1. The van der Waals surface area contributed by atoms with Gasteiger partial charge in [-0.05, 0) is 24.3 Å². The van der Waals surface area contributed by atoms with Crippen LogP contribution in [0.4, 0.5) is 11.4 Å². The Morgan fingerprint density at radius 2 is 1.87 bits per heavy atom. The molecule has 1 spiro atoms. The number of carbonyl (C=O) groups excluding carboxylic acids is 2. The Morgan fingerprint density at radius 3 is 2.57 bits per heavy atom. The van der Waals surface area contributed by atoms with Gasteiger partial charge in [-0.3, -0.25) is 19.7 Å². The molecule has 4 rings (SSSR count). The summed E-state index contributed by atoms with van der Waals surface area (Å²) in [4.78, 5) is 42.6. The number of methoxy groups -OCH3 is 2. The highest BCUT2D eigenvalue weighted by atomic mass is 16.7. The number of rotatable bonds is 5. The second-order valence-corrected chi connectivity index (χ2v) is 6.86. The van der Waals surface area contributed by atoms with Crippen LogP contribution in [0.15, 0.2) is 47.6 Å². The van der Waals surface area contributed by atoms with Gasteiger partial charge in [0.15, 0.2) is 11.5 Å². The van der Waals surface area contributed by atoms with Crippen LogP contribution >= 0.6 is 0 Å². The van der Waals surface area contributed by atoms with E-state index in [0.717, 1.165) is 4.90 Å². The number of imide groups is 1. The van der Waals surface area contributed by atoms with Gasteiger partial charge in [0.05, 0.1) is 37.0 Å². The Kier molecular flexibility index (Phi) is 4.61. The fourth-order valence-electron chi connectivity index (χ4n) is 3.58. The van der Waals surface area contributed by atoms with Gasteiger partial charge in [-0.15, -0.1) is 0 Å². The summed E-state index contributed by atoms with van der Waals surface area (Å²) in [5.41, 5.74) is -0.413. The first kappa shape index (κ1) is 19.4. The zero-order valence-corrected chi connectivity index (χ0v) is 16.2. The lowest BCUT2D eigenvalue weighted by Crippen LogP contribution is -2.40. The number of amides is 2. The molecule has 2 heterocycles. The van der Waals surface area contributed by atoms with Crippen LogP contribution < -0.4 is 14.4 Å². The minimum Gasteiger partial charge on any atom is -0.493 e. The molecule has 10 heteroatoms. The molecular formula is C20H17N3O7. The Bertz CT molecular complexity index is 1100. The summed E-state index contributed by atoms with van der Waals surface area (Å²) in [6.07, 6.45) is -0.132. The fraction of sp³-hybridized carbons (Fsp3) is 0.250. The van der Waals surface area contributed by atoms with E-state index in [-0.39, 0.29) is 24.2 Å². The van der Waals surface area contributed by atoms with Crippen LogP contribution in [0.1, 0.15) is 18.4 Å². The molecule has 0 aliphatic carbocycles. The molecule has 0 aromatic heterocycles. The molecule has 1 atom stereocenters. The molecule has 2 aromatic rings. The number of nitrogens with zero attached hydrogens (tertiary/aromatic N) is 3. The zero-order chi connectivity index (χ0) is 21.5. The van der Waals surface area contributed by atoms with E-state index in [9.17, 15) is 19.7 Å². The Labute approximate surface area is 170 Å². The number of hydrogen-bond acceptors (Lipinski definition) is 8. The van der Waals surface area contributed by atoms with Crippen molar-refractivity contribution in [3.63, 3.8) is 0 Å². The average molecular weight is 411 g/mol. The van der Waals surface area contributed by atoms with Crippen LogP contribution in [0, 0.1) is 10.1 Å². The molecule has 0 bridgehead atoms. The van der Waals surface area contributed by atoms with Crippen LogP contribution in [0.3, 0.4) is 0 Å². The molecule has 10 nitrogen and oxygen atoms in total. The standard InChI is InChI=1S/C20H17N3O7/c1-28-16-7-6-12(8-17(16)29-2)15-10-20(30-21-15)11-18(24)22(19(20)25)13-4-3-5-14(9-13)23(26)27/h3-9H,10-11H2,1-2H3. The molecule has 0 radical (unpaired) electrons. The van der Waals surface area contributed by atoms with Gasteiger partial charge in [0.1, 0.15) is 0 Å². The van der Waals surface area contributed by atoms with Gasteiger partial charge in [0.2, 0.25) is 11.5 Å². The molecular weight excluding hydrogens is 394 g/mol. The largest absolute Gasteiger partial charge is 0.493 e. The van der Waals surface area contributed by atoms with Gasteiger partial charge in [0.25, 0.3) is 11.6 Å². The zero-order valence-electron chi connectivity index (χ0n) is 16.2. The maximum atomic E-state index is 13.1. The topological polar surface area (TPSA) is 121 Å². The van der Waals surface area contributed by atoms with E-state index in [1.54, 1.807) is 18.2 Å². The fourth-order valence-corrected chi connectivity index (χ4v) is 3.58. The van der Waals surface area contributed by atoms with Gasteiger partial charge < -0.3 is 14.3 Å². The van der Waals surface area contributed by atoms with Crippen molar-refractivity contribution in [3.8, 4) is 11.5 Å². The predicted octanol–water partition coefficient (Wildman–Crippen LogP) is 2.44. The molecule has 1 fully saturated rings. The normalized spacial score (nSPS) is 20.3. The van der Waals surface area contributed by atoms with Gasteiger partial charge in [-0.1, -0.05) is 11.2 Å². The summed E-state index contributed by atoms with van der Waals surface area (Å²) in [5.74, 6) is -0.0818. The molecule has 1 saturated heterocycles. The Balaban J connectivity index is 1.60. The molecule has 1 unspecified atom stereocenters. The lowest BCUT2D eigenvalue weighted by molar-refractivity contribution is -0.384. The van der Waals surface area contributed by atoms with Crippen molar-refractivity contribution in [1.29, 1.82) is 0 Å². The van der Waals surface area contributed by atoms with E-state index in [2.05, 4.69) is 5.16 Å². The summed E-state index contributed by atoms with van der Waals surface area (Å²) in [6, 6.07) is 10.5. The summed E-state index contributed by atoms with van der Waals surface area (Å²) < 4.78 is 10.5. The van der Waals surface area contributed by atoms with Crippen molar-refractivity contribution in [2.24, 2.45) is 5.16 Å². The highest BCUT2D eigenvalue weighted by molar-refractivity contribution is 6.26. The summed E-state index contributed by atoms with van der Waals surface area (Å²) in [5, 5.41) is 15.1. The minimum atomic E-state index is -1.47. The van der Waals surface area contributed by atoms with Crippen molar-refractivity contribution < 1.29 is 28.8 Å². The van der Waals surface area contributed by atoms with E-state index in [0.29, 0.717) is 22.8 Å². The van der Waals surface area contributed by atoms with Crippen LogP contribution in [0.5, 0.6) is 11.5 Å². The molecule has 2 amide bonds. The van der Waals surface area contributed by atoms with Crippen LogP contribution in [-0.4, -0.2) is 42.3 Å². The van der Waals surface area contributed by atoms with E-state index >= 15 is 0 Å². The number of nitro groups is 1. The van der Waals surface area contributed by atoms with E-state index < -0.39 is 22.3 Å². The molecule has 2 aromatic carbocycles. The molecule has 2 aliphatic heterocycles. The number of hydrogen-bond donors (Lipinski definition) is 0. The summed E-state index contributed by atoms with van der Waals surface area (Å²) in [6.45, 7) is 0. The second kappa shape index (κ2) is 7.14. The first-order valence-electron chi connectivity index (χ1n) is 8.98. The van der Waals surface area contributed by atoms with Crippen molar-refractivity contribution in [3.05, 3.63) is 58.1 Å². The first-order valence-corrected chi connectivity index (χ1v) is 8.98. The first-order chi connectivity index (χ1) is 14.4. The van der Waals surface area contributed by atoms with E-state index in [1.165, 1.54) is 38.5 Å². The summed E-state index contributed by atoms with van der Waals surface area (Å²) in [7, 11) is 3.03. The number of oxime groups is 1. The van der Waals surface area contributed by atoms with Crippen molar-refractivity contribution in [2.45, 2.75) is 18.4 Å². The molecule has 0 N–H and O–H groups in total. The number of carbonyl (C=O) groups is 2. The third-order valence-corrected chi connectivity index (χ3v) is 5.08. The maximum Gasteiger partial charge on any atom is 0.281 e. The minimum absolute atomic E-state index is 0.0818. The lowest BCUT2D eigenvalue weighted by Gasteiger charge is -2.19. The SMILES string of the molecule is COc1ccc(C2=NOC3(CC(=O)N(c4cccc([N+](=O)[O-])c4)C3=O)C2)cc1OC.